The van der Waals surface area contributed by atoms with Crippen LogP contribution >= 0.6 is 0 Å². The molecule has 0 saturated carbocycles. The minimum Gasteiger partial charge on any atom is -0.508 e. The Morgan fingerprint density at radius 2 is 1.67 bits per heavy atom. The molecule has 8 heteroatoms. The van der Waals surface area contributed by atoms with Gasteiger partial charge in [-0.25, -0.2) is 9.97 Å². The largest absolute Gasteiger partial charge is 0.508 e. The molecule has 0 aliphatic carbocycles. The molecule has 1 aliphatic rings. The quantitative estimate of drug-likeness (QED) is 0.621. The fourth-order valence-corrected chi connectivity index (χ4v) is 3.92. The number of nitrogens with one attached hydrogen (secondary N) is 1. The predicted molar refractivity (Wildman–Crippen MR) is 124 cm³/mol. The van der Waals surface area contributed by atoms with Crippen molar-refractivity contribution in [3.05, 3.63) is 59.4 Å². The molecule has 1 unspecified atom stereocenters. The Kier molecular flexibility index (Phi) is 6.44. The molecule has 4 rings (SSSR count). The first-order chi connectivity index (χ1) is 15.8. The minimum atomic E-state index is -0.633. The Hall–Kier alpha value is -3.68. The number of rotatable bonds is 5. The topological polar surface area (TPSA) is 105 Å². The van der Waals surface area contributed by atoms with E-state index in [9.17, 15) is 14.7 Å². The average Bonchev–Trinajstić information content (AvgIpc) is 2.81. The number of amides is 2. The van der Waals surface area contributed by atoms with Gasteiger partial charge in [-0.2, -0.15) is 0 Å². The summed E-state index contributed by atoms with van der Waals surface area (Å²) in [5.41, 5.74) is 3.75. The van der Waals surface area contributed by atoms with Gasteiger partial charge in [0.25, 0.3) is 11.8 Å². The van der Waals surface area contributed by atoms with Crippen LogP contribution in [0, 0.1) is 13.8 Å². The van der Waals surface area contributed by atoms with Gasteiger partial charge in [0.15, 0.2) is 6.10 Å². The number of phenols is 1. The molecule has 2 N–H and O–H groups in total. The molecule has 8 nitrogen and oxygen atoms in total. The average molecular weight is 449 g/mol. The number of carbonyl (C=O) groups is 2. The number of carbonyl (C=O) groups excluding carboxylic acids is 2. The maximum absolute atomic E-state index is 12.8. The van der Waals surface area contributed by atoms with E-state index < -0.39 is 6.10 Å². The number of aromatic hydroxyl groups is 1. The lowest BCUT2D eigenvalue weighted by molar-refractivity contribution is -0.139. The van der Waals surface area contributed by atoms with E-state index in [0.717, 1.165) is 16.9 Å². The second kappa shape index (κ2) is 9.44. The highest BCUT2D eigenvalue weighted by atomic mass is 16.5. The van der Waals surface area contributed by atoms with Gasteiger partial charge in [-0.3, -0.25) is 9.59 Å². The smallest absolute Gasteiger partial charge is 0.263 e. The van der Waals surface area contributed by atoms with E-state index in [1.165, 1.54) is 12.1 Å². The van der Waals surface area contributed by atoms with Gasteiger partial charge >= 0.3 is 0 Å². The van der Waals surface area contributed by atoms with E-state index in [-0.39, 0.29) is 23.6 Å². The number of ether oxygens (including phenoxy) is 1. The van der Waals surface area contributed by atoms with Gasteiger partial charge in [0.2, 0.25) is 0 Å². The molecule has 33 heavy (non-hydrogen) atoms. The van der Waals surface area contributed by atoms with Gasteiger partial charge in [-0.15, -0.1) is 0 Å². The standard InChI is InChI=1S/C25H28N4O4/c1-15-16(2)27-23-14-18(4-9-22(23)26-15)24(31)28-19-10-12-29(13-11-19)25(32)17(3)33-21-7-5-20(30)6-8-21/h4-9,14,17,19,30H,10-13H2,1-3H3,(H,28,31). The Bertz CT molecular complexity index is 1170. The third-order valence-electron chi connectivity index (χ3n) is 5.98. The van der Waals surface area contributed by atoms with Crippen LogP contribution in [0.4, 0.5) is 0 Å². The monoisotopic (exact) mass is 448 g/mol. The molecule has 1 aliphatic heterocycles. The molecular formula is C25H28N4O4. The van der Waals surface area contributed by atoms with Gasteiger partial charge in [0, 0.05) is 24.7 Å². The lowest BCUT2D eigenvalue weighted by atomic mass is 10.0. The molecule has 0 spiro atoms. The van der Waals surface area contributed by atoms with Crippen LogP contribution in [0.25, 0.3) is 11.0 Å². The first-order valence-electron chi connectivity index (χ1n) is 11.1. The Labute approximate surface area is 192 Å². The van der Waals surface area contributed by atoms with Crippen molar-refractivity contribution in [3.8, 4) is 11.5 Å². The number of hydrogen-bond acceptors (Lipinski definition) is 6. The molecular weight excluding hydrogens is 420 g/mol. The van der Waals surface area contributed by atoms with E-state index in [1.807, 2.05) is 19.9 Å². The van der Waals surface area contributed by atoms with Crippen molar-refractivity contribution in [2.45, 2.75) is 45.8 Å². The lowest BCUT2D eigenvalue weighted by Gasteiger charge is -2.33. The fourth-order valence-electron chi connectivity index (χ4n) is 3.92. The molecule has 172 valence electrons. The number of benzene rings is 2. The molecule has 2 heterocycles. The van der Waals surface area contributed by atoms with Gasteiger partial charge in [-0.1, -0.05) is 0 Å². The molecule has 1 fully saturated rings. The second-order valence-electron chi connectivity index (χ2n) is 8.42. The van der Waals surface area contributed by atoms with E-state index >= 15 is 0 Å². The highest BCUT2D eigenvalue weighted by Crippen LogP contribution is 2.20. The summed E-state index contributed by atoms with van der Waals surface area (Å²) in [6.07, 6.45) is 0.719. The maximum atomic E-state index is 12.8. The zero-order valence-electron chi connectivity index (χ0n) is 19.0. The molecule has 1 saturated heterocycles. The zero-order valence-corrected chi connectivity index (χ0v) is 19.0. The van der Waals surface area contributed by atoms with Crippen LogP contribution in [-0.2, 0) is 4.79 Å². The summed E-state index contributed by atoms with van der Waals surface area (Å²) in [7, 11) is 0. The highest BCUT2D eigenvalue weighted by Gasteiger charge is 2.28. The Balaban J connectivity index is 1.31. The predicted octanol–water partition coefficient (Wildman–Crippen LogP) is 3.14. The number of phenolic OH excluding ortho intramolecular Hbond substituents is 1. The van der Waals surface area contributed by atoms with Crippen LogP contribution in [0.2, 0.25) is 0 Å². The molecule has 0 radical (unpaired) electrons. The number of fused-ring (bicyclic) bond motifs is 1. The van der Waals surface area contributed by atoms with Gasteiger partial charge < -0.3 is 20.1 Å². The summed E-state index contributed by atoms with van der Waals surface area (Å²) in [4.78, 5) is 36.3. The van der Waals surface area contributed by atoms with Crippen LogP contribution in [0.5, 0.6) is 11.5 Å². The third kappa shape index (κ3) is 5.22. The first-order valence-corrected chi connectivity index (χ1v) is 11.1. The minimum absolute atomic E-state index is 0.00333. The van der Waals surface area contributed by atoms with Gasteiger partial charge in [-0.05, 0) is 76.1 Å². The van der Waals surface area contributed by atoms with E-state index in [2.05, 4.69) is 15.3 Å². The fraction of sp³-hybridized carbons (Fsp3) is 0.360. The molecule has 2 amide bonds. The number of piperidine rings is 1. The van der Waals surface area contributed by atoms with Crippen molar-refractivity contribution in [3.63, 3.8) is 0 Å². The number of likely N-dealkylation sites (tertiary alicyclic amines) is 1. The van der Waals surface area contributed by atoms with E-state index in [1.54, 1.807) is 36.1 Å². The SMILES string of the molecule is Cc1nc2ccc(C(=O)NC3CCN(C(=O)C(C)Oc4ccc(O)cc4)CC3)cc2nc1C. The van der Waals surface area contributed by atoms with Crippen molar-refractivity contribution in [1.82, 2.24) is 20.2 Å². The summed E-state index contributed by atoms with van der Waals surface area (Å²) >= 11 is 0. The molecule has 2 aromatic carbocycles. The van der Waals surface area contributed by atoms with E-state index in [4.69, 9.17) is 4.74 Å². The summed E-state index contributed by atoms with van der Waals surface area (Å²) < 4.78 is 5.70. The molecule has 0 bridgehead atoms. The third-order valence-corrected chi connectivity index (χ3v) is 5.98. The summed E-state index contributed by atoms with van der Waals surface area (Å²) in [6, 6.07) is 11.6. The number of aryl methyl sites for hydroxylation is 2. The lowest BCUT2D eigenvalue weighted by Crippen LogP contribution is -2.49. The van der Waals surface area contributed by atoms with Crippen LogP contribution in [0.3, 0.4) is 0 Å². The van der Waals surface area contributed by atoms with Crippen LogP contribution in [0.15, 0.2) is 42.5 Å². The van der Waals surface area contributed by atoms with Crippen molar-refractivity contribution in [1.29, 1.82) is 0 Å². The summed E-state index contributed by atoms with van der Waals surface area (Å²) in [6.45, 7) is 6.64. The van der Waals surface area contributed by atoms with E-state index in [0.29, 0.717) is 42.8 Å². The van der Waals surface area contributed by atoms with Gasteiger partial charge in [0.1, 0.15) is 11.5 Å². The molecule has 1 aromatic heterocycles. The Morgan fingerprint density at radius 1 is 1.03 bits per heavy atom. The molecule has 3 aromatic rings. The zero-order chi connectivity index (χ0) is 23.5. The van der Waals surface area contributed by atoms with Crippen LogP contribution < -0.4 is 10.1 Å². The summed E-state index contributed by atoms with van der Waals surface area (Å²) in [5.74, 6) is 0.436. The Morgan fingerprint density at radius 3 is 2.33 bits per heavy atom. The van der Waals surface area contributed by atoms with Gasteiger partial charge in [0.05, 0.1) is 22.4 Å². The highest BCUT2D eigenvalue weighted by molar-refractivity contribution is 5.97. The number of hydrogen-bond donors (Lipinski definition) is 2. The van der Waals surface area contributed by atoms with Crippen molar-refractivity contribution < 1.29 is 19.4 Å². The van der Waals surface area contributed by atoms with Crippen molar-refractivity contribution >= 4 is 22.8 Å². The first kappa shape index (κ1) is 22.5. The number of aromatic nitrogens is 2. The second-order valence-corrected chi connectivity index (χ2v) is 8.42. The van der Waals surface area contributed by atoms with Crippen LogP contribution in [0.1, 0.15) is 41.5 Å². The van der Waals surface area contributed by atoms with Crippen LogP contribution in [-0.4, -0.2) is 57.0 Å². The number of nitrogens with zero attached hydrogens (tertiary/aromatic N) is 3. The summed E-state index contributed by atoms with van der Waals surface area (Å²) in [5, 5.41) is 12.4. The maximum Gasteiger partial charge on any atom is 0.263 e. The normalized spacial score (nSPS) is 15.3. The van der Waals surface area contributed by atoms with Crippen molar-refractivity contribution in [2.24, 2.45) is 0 Å². The van der Waals surface area contributed by atoms with Crippen molar-refractivity contribution in [2.75, 3.05) is 13.1 Å². The molecule has 1 atom stereocenters.